The summed E-state index contributed by atoms with van der Waals surface area (Å²) in [5, 5.41) is 4.12. The molecule has 0 bridgehead atoms. The molecule has 0 saturated heterocycles. The number of nitrogens with zero attached hydrogens (tertiary/aromatic N) is 4. The Morgan fingerprint density at radius 3 is 2.58 bits per heavy atom. The molecule has 2 aromatic heterocycles. The third-order valence-electron chi connectivity index (χ3n) is 4.62. The van der Waals surface area contributed by atoms with Crippen LogP contribution in [0.25, 0.3) is 22.5 Å². The van der Waals surface area contributed by atoms with E-state index in [4.69, 9.17) is 16.1 Å². The van der Waals surface area contributed by atoms with Crippen molar-refractivity contribution in [3.05, 3.63) is 77.2 Å². The first kappa shape index (κ1) is 20.6. The van der Waals surface area contributed by atoms with Gasteiger partial charge in [-0.15, -0.1) is 0 Å². The van der Waals surface area contributed by atoms with Crippen molar-refractivity contribution in [2.75, 3.05) is 4.90 Å². The first-order valence-electron chi connectivity index (χ1n) is 9.15. The van der Waals surface area contributed by atoms with Crippen LogP contribution in [0.15, 0.2) is 59.5 Å². The lowest BCUT2D eigenvalue weighted by Gasteiger charge is -2.20. The number of amides is 1. The fourth-order valence-electron chi connectivity index (χ4n) is 3.20. The average Bonchev–Trinajstić information content (AvgIpc) is 3.17. The molecule has 2 aromatic carbocycles. The van der Waals surface area contributed by atoms with Crippen LogP contribution in [0.1, 0.15) is 12.5 Å². The van der Waals surface area contributed by atoms with Crippen LogP contribution in [-0.4, -0.2) is 21.0 Å². The Labute approximate surface area is 181 Å². The number of hydrogen-bond donors (Lipinski definition) is 0. The molecule has 0 spiro atoms. The van der Waals surface area contributed by atoms with E-state index in [1.165, 1.54) is 49.8 Å². The SMILES string of the molecule is CC(=O)N(c1onc(-c2ccc(F)c(C)c2)c1-c1ccncn1)c1c(F)cccc1Cl. The molecular weight excluding hydrogens is 426 g/mol. The standard InChI is InChI=1S/C22H15ClF2N4O2/c1-12-10-14(6-7-16(12)24)20-19(18-8-9-26-11-27-18)22(31-28-20)29(13(2)30)21-15(23)4-3-5-17(21)25/h3-11H,1-2H3. The summed E-state index contributed by atoms with van der Waals surface area (Å²) in [5.41, 5.74) is 1.74. The highest BCUT2D eigenvalue weighted by molar-refractivity contribution is 6.34. The molecule has 4 aromatic rings. The van der Waals surface area contributed by atoms with Crippen LogP contribution in [0, 0.1) is 18.6 Å². The number of aryl methyl sites for hydroxylation is 1. The van der Waals surface area contributed by atoms with Gasteiger partial charge in [-0.25, -0.2) is 23.6 Å². The summed E-state index contributed by atoms with van der Waals surface area (Å²) in [7, 11) is 0. The minimum Gasteiger partial charge on any atom is -0.336 e. The van der Waals surface area contributed by atoms with Gasteiger partial charge in [0.2, 0.25) is 11.8 Å². The number of carbonyl (C=O) groups excluding carboxylic acids is 1. The molecule has 6 nitrogen and oxygen atoms in total. The second kappa shape index (κ2) is 8.23. The molecular formula is C22H15ClF2N4O2. The summed E-state index contributed by atoms with van der Waals surface area (Å²) in [4.78, 5) is 21.8. The van der Waals surface area contributed by atoms with Crippen molar-refractivity contribution in [1.29, 1.82) is 0 Å². The van der Waals surface area contributed by atoms with Gasteiger partial charge in [0.25, 0.3) is 0 Å². The number of benzene rings is 2. The van der Waals surface area contributed by atoms with Gasteiger partial charge in [0, 0.05) is 18.7 Å². The van der Waals surface area contributed by atoms with E-state index < -0.39 is 11.7 Å². The maximum absolute atomic E-state index is 14.7. The van der Waals surface area contributed by atoms with E-state index >= 15 is 0 Å². The molecule has 0 saturated carbocycles. The van der Waals surface area contributed by atoms with Crippen molar-refractivity contribution in [1.82, 2.24) is 15.1 Å². The van der Waals surface area contributed by atoms with Crippen molar-refractivity contribution in [3.8, 4) is 22.5 Å². The lowest BCUT2D eigenvalue weighted by atomic mass is 10.0. The normalized spacial score (nSPS) is 10.9. The van der Waals surface area contributed by atoms with Crippen LogP contribution >= 0.6 is 11.6 Å². The average molecular weight is 441 g/mol. The first-order valence-corrected chi connectivity index (χ1v) is 9.53. The molecule has 0 radical (unpaired) electrons. The van der Waals surface area contributed by atoms with Crippen molar-refractivity contribution in [3.63, 3.8) is 0 Å². The fraction of sp³-hybridized carbons (Fsp3) is 0.0909. The van der Waals surface area contributed by atoms with Gasteiger partial charge in [-0.2, -0.15) is 0 Å². The van der Waals surface area contributed by atoms with Gasteiger partial charge in [0.15, 0.2) is 0 Å². The van der Waals surface area contributed by atoms with Crippen LogP contribution in [0.5, 0.6) is 0 Å². The summed E-state index contributed by atoms with van der Waals surface area (Å²) in [6.45, 7) is 2.86. The van der Waals surface area contributed by atoms with Crippen molar-refractivity contribution in [2.45, 2.75) is 13.8 Å². The summed E-state index contributed by atoms with van der Waals surface area (Å²) in [5.74, 6) is -1.72. The zero-order chi connectivity index (χ0) is 22.1. The molecule has 0 atom stereocenters. The zero-order valence-corrected chi connectivity index (χ0v) is 17.2. The molecule has 0 aliphatic heterocycles. The molecule has 0 aliphatic rings. The van der Waals surface area contributed by atoms with E-state index in [0.29, 0.717) is 28.1 Å². The van der Waals surface area contributed by atoms with Gasteiger partial charge in [0.1, 0.15) is 29.3 Å². The summed E-state index contributed by atoms with van der Waals surface area (Å²) >= 11 is 6.22. The van der Waals surface area contributed by atoms with E-state index in [1.807, 2.05) is 0 Å². The van der Waals surface area contributed by atoms with Crippen molar-refractivity contribution in [2.24, 2.45) is 0 Å². The Morgan fingerprint density at radius 1 is 1.13 bits per heavy atom. The highest BCUT2D eigenvalue weighted by Gasteiger charge is 2.31. The molecule has 31 heavy (non-hydrogen) atoms. The topological polar surface area (TPSA) is 72.1 Å². The number of aromatic nitrogens is 3. The van der Waals surface area contributed by atoms with E-state index in [1.54, 1.807) is 19.1 Å². The molecule has 0 aliphatic carbocycles. The largest absolute Gasteiger partial charge is 0.336 e. The molecule has 0 fully saturated rings. The summed E-state index contributed by atoms with van der Waals surface area (Å²) < 4.78 is 34.1. The summed E-state index contributed by atoms with van der Waals surface area (Å²) in [6.07, 6.45) is 2.83. The molecule has 1 amide bonds. The Hall–Kier alpha value is -3.65. The highest BCUT2D eigenvalue weighted by Crippen LogP contribution is 2.43. The Morgan fingerprint density at radius 2 is 1.94 bits per heavy atom. The van der Waals surface area contributed by atoms with Gasteiger partial charge in [-0.3, -0.25) is 4.79 Å². The Balaban J connectivity index is 2.01. The number of para-hydroxylation sites is 1. The van der Waals surface area contributed by atoms with Gasteiger partial charge in [0.05, 0.1) is 16.3 Å². The van der Waals surface area contributed by atoms with Gasteiger partial charge >= 0.3 is 0 Å². The molecule has 4 rings (SSSR count). The lowest BCUT2D eigenvalue weighted by Crippen LogP contribution is -2.24. The number of rotatable bonds is 4. The predicted octanol–water partition coefficient (Wildman–Crippen LogP) is 5.72. The minimum atomic E-state index is -0.716. The first-order chi connectivity index (χ1) is 14.9. The van der Waals surface area contributed by atoms with Crippen LogP contribution in [0.2, 0.25) is 5.02 Å². The van der Waals surface area contributed by atoms with Crippen molar-refractivity contribution < 1.29 is 18.1 Å². The lowest BCUT2D eigenvalue weighted by molar-refractivity contribution is -0.116. The summed E-state index contributed by atoms with van der Waals surface area (Å²) in [6, 6.07) is 10.1. The maximum atomic E-state index is 14.7. The van der Waals surface area contributed by atoms with Crippen LogP contribution < -0.4 is 4.90 Å². The van der Waals surface area contributed by atoms with E-state index in [-0.39, 0.29) is 22.4 Å². The number of anilines is 2. The molecule has 156 valence electrons. The Bertz CT molecular complexity index is 1260. The zero-order valence-electron chi connectivity index (χ0n) is 16.4. The van der Waals surface area contributed by atoms with Gasteiger partial charge < -0.3 is 4.52 Å². The molecule has 0 N–H and O–H groups in total. The molecule has 0 unspecified atom stereocenters. The Kier molecular flexibility index (Phi) is 5.48. The van der Waals surface area contributed by atoms with Crippen LogP contribution in [0.3, 0.4) is 0 Å². The van der Waals surface area contributed by atoms with E-state index in [9.17, 15) is 13.6 Å². The second-order valence-corrected chi connectivity index (χ2v) is 7.10. The van der Waals surface area contributed by atoms with E-state index in [0.717, 1.165) is 4.90 Å². The third-order valence-corrected chi connectivity index (χ3v) is 4.93. The molecule has 2 heterocycles. The number of halogens is 3. The van der Waals surface area contributed by atoms with Gasteiger partial charge in [-0.05, 0) is 48.9 Å². The molecule has 9 heteroatoms. The number of hydrogen-bond acceptors (Lipinski definition) is 5. The van der Waals surface area contributed by atoms with Crippen LogP contribution in [0.4, 0.5) is 20.4 Å². The predicted molar refractivity (Wildman–Crippen MR) is 112 cm³/mol. The van der Waals surface area contributed by atoms with Gasteiger partial charge in [-0.1, -0.05) is 22.8 Å². The minimum absolute atomic E-state index is 0.0133. The third kappa shape index (κ3) is 3.77. The van der Waals surface area contributed by atoms with Crippen molar-refractivity contribution >= 4 is 29.1 Å². The quantitative estimate of drug-likeness (QED) is 0.405. The highest BCUT2D eigenvalue weighted by atomic mass is 35.5. The maximum Gasteiger partial charge on any atom is 0.248 e. The number of carbonyl (C=O) groups is 1. The monoisotopic (exact) mass is 440 g/mol. The second-order valence-electron chi connectivity index (χ2n) is 6.69. The smallest absolute Gasteiger partial charge is 0.248 e. The fourth-order valence-corrected chi connectivity index (χ4v) is 3.44. The van der Waals surface area contributed by atoms with Crippen LogP contribution in [-0.2, 0) is 4.79 Å². The van der Waals surface area contributed by atoms with E-state index in [2.05, 4.69) is 15.1 Å².